The van der Waals surface area contributed by atoms with Crippen LogP contribution in [0.5, 0.6) is 0 Å². The number of amides is 2. The molecule has 2 aromatic carbocycles. The largest absolute Gasteiger partial charge is 0.379 e. The van der Waals surface area contributed by atoms with Crippen LogP contribution in [0.3, 0.4) is 0 Å². The van der Waals surface area contributed by atoms with Crippen LogP contribution in [0.15, 0.2) is 48.5 Å². The smallest absolute Gasteiger partial charge is 0.247 e. The van der Waals surface area contributed by atoms with Crippen molar-refractivity contribution in [1.82, 2.24) is 9.80 Å². The van der Waals surface area contributed by atoms with Crippen molar-refractivity contribution >= 4 is 34.8 Å². The molecular weight excluding hydrogens is 410 g/mol. The highest BCUT2D eigenvalue weighted by molar-refractivity contribution is 7.80. The summed E-state index contributed by atoms with van der Waals surface area (Å²) in [5.41, 5.74) is 3.97. The second-order valence-electron chi connectivity index (χ2n) is 8.11. The third-order valence-corrected chi connectivity index (χ3v) is 6.29. The van der Waals surface area contributed by atoms with Gasteiger partial charge in [0.15, 0.2) is 5.11 Å². The van der Waals surface area contributed by atoms with Gasteiger partial charge in [0.05, 0.1) is 25.4 Å². The van der Waals surface area contributed by atoms with E-state index in [1.165, 1.54) is 10.5 Å². The van der Waals surface area contributed by atoms with E-state index in [4.69, 9.17) is 17.0 Å². The average molecular weight is 438 g/mol. The number of morpholine rings is 1. The predicted octanol–water partition coefficient (Wildman–Crippen LogP) is 2.91. The monoisotopic (exact) mass is 437 g/mol. The summed E-state index contributed by atoms with van der Waals surface area (Å²) in [6.07, 6.45) is 0. The van der Waals surface area contributed by atoms with Gasteiger partial charge < -0.3 is 4.74 Å². The first-order valence-electron chi connectivity index (χ1n) is 10.6. The van der Waals surface area contributed by atoms with Crippen LogP contribution in [0.2, 0.25) is 0 Å². The Morgan fingerprint density at radius 1 is 1.00 bits per heavy atom. The predicted molar refractivity (Wildman–Crippen MR) is 124 cm³/mol. The minimum absolute atomic E-state index is 0.228. The molecule has 1 atom stereocenters. The molecule has 0 saturated carbocycles. The normalized spacial score (nSPS) is 20.5. The lowest BCUT2D eigenvalue weighted by molar-refractivity contribution is -0.141. The van der Waals surface area contributed by atoms with Crippen molar-refractivity contribution in [1.29, 1.82) is 0 Å². The molecule has 2 heterocycles. The number of benzene rings is 2. The summed E-state index contributed by atoms with van der Waals surface area (Å²) in [7, 11) is 0. The van der Waals surface area contributed by atoms with Crippen molar-refractivity contribution in [2.24, 2.45) is 5.92 Å². The zero-order valence-electron chi connectivity index (χ0n) is 17.9. The van der Waals surface area contributed by atoms with Gasteiger partial charge in [-0.2, -0.15) is 0 Å². The molecule has 2 amide bonds. The molecule has 1 unspecified atom stereocenters. The molecule has 2 saturated heterocycles. The molecule has 2 aliphatic heterocycles. The zero-order valence-corrected chi connectivity index (χ0v) is 18.7. The molecule has 0 radical (unpaired) electrons. The van der Waals surface area contributed by atoms with Crippen molar-refractivity contribution in [3.63, 3.8) is 0 Å². The van der Waals surface area contributed by atoms with E-state index in [-0.39, 0.29) is 16.9 Å². The number of rotatable bonds is 5. The van der Waals surface area contributed by atoms with Gasteiger partial charge in [0.1, 0.15) is 5.92 Å². The fourth-order valence-corrected chi connectivity index (χ4v) is 4.46. The van der Waals surface area contributed by atoms with E-state index in [9.17, 15) is 9.59 Å². The number of carbonyl (C=O) groups is 2. The van der Waals surface area contributed by atoms with E-state index in [1.54, 1.807) is 4.90 Å². The molecule has 2 aromatic rings. The van der Waals surface area contributed by atoms with Crippen LogP contribution in [0.25, 0.3) is 0 Å². The second kappa shape index (κ2) is 9.26. The molecule has 2 fully saturated rings. The van der Waals surface area contributed by atoms with Gasteiger partial charge >= 0.3 is 0 Å². The topological polar surface area (TPSA) is 53.1 Å². The van der Waals surface area contributed by atoms with Gasteiger partial charge in [0.2, 0.25) is 11.8 Å². The van der Waals surface area contributed by atoms with E-state index in [1.807, 2.05) is 56.3 Å². The molecule has 2 aliphatic rings. The maximum atomic E-state index is 13.5. The van der Waals surface area contributed by atoms with Crippen LogP contribution in [0.4, 0.5) is 5.69 Å². The van der Waals surface area contributed by atoms with Gasteiger partial charge in [0.25, 0.3) is 0 Å². The van der Waals surface area contributed by atoms with Crippen LogP contribution in [0.1, 0.15) is 16.7 Å². The van der Waals surface area contributed by atoms with Gasteiger partial charge in [-0.15, -0.1) is 0 Å². The lowest BCUT2D eigenvalue weighted by atomic mass is 10.00. The first-order valence-corrected chi connectivity index (χ1v) is 11.0. The number of thiocarbonyl (C=S) groups is 1. The number of nitrogens with zero attached hydrogens (tertiary/aromatic N) is 3. The van der Waals surface area contributed by atoms with E-state index in [0.717, 1.165) is 11.1 Å². The highest BCUT2D eigenvalue weighted by Crippen LogP contribution is 2.27. The number of ether oxygens (including phenoxy) is 1. The molecule has 162 valence electrons. The Morgan fingerprint density at radius 2 is 1.71 bits per heavy atom. The molecule has 0 aromatic heterocycles. The fourth-order valence-electron chi connectivity index (χ4n) is 4.11. The molecular formula is C24H27N3O3S. The Bertz CT molecular complexity index is 989. The Hall–Kier alpha value is -2.61. The summed E-state index contributed by atoms with van der Waals surface area (Å²) in [6.45, 7) is 7.45. The molecule has 6 nitrogen and oxygen atoms in total. The van der Waals surface area contributed by atoms with Crippen LogP contribution in [0, 0.1) is 19.8 Å². The van der Waals surface area contributed by atoms with Gasteiger partial charge in [-0.25, -0.2) is 0 Å². The summed E-state index contributed by atoms with van der Waals surface area (Å²) in [5, 5.41) is 0.236. The van der Waals surface area contributed by atoms with Crippen molar-refractivity contribution in [2.75, 3.05) is 37.7 Å². The van der Waals surface area contributed by atoms with Crippen LogP contribution >= 0.6 is 12.2 Å². The Labute approximate surface area is 188 Å². The third kappa shape index (κ3) is 4.54. The van der Waals surface area contributed by atoms with Gasteiger partial charge in [-0.05, 0) is 49.3 Å². The van der Waals surface area contributed by atoms with Gasteiger partial charge in [-0.1, -0.05) is 42.0 Å². The van der Waals surface area contributed by atoms with E-state index < -0.39 is 5.92 Å². The molecule has 7 heteroatoms. The number of hydrogen-bond acceptors (Lipinski definition) is 5. The molecule has 31 heavy (non-hydrogen) atoms. The molecule has 0 spiro atoms. The summed E-state index contributed by atoms with van der Waals surface area (Å²) in [4.78, 5) is 32.2. The van der Waals surface area contributed by atoms with Crippen LogP contribution in [-0.4, -0.2) is 59.6 Å². The SMILES string of the molecule is Cc1ccc(CN2C(=O)C(CN3CCOCC3)C(=O)N(c3ccccc3)C2=S)c(C)c1. The maximum Gasteiger partial charge on any atom is 0.247 e. The number of para-hydroxylation sites is 1. The Kier molecular flexibility index (Phi) is 6.46. The first kappa shape index (κ1) is 21.6. The highest BCUT2D eigenvalue weighted by Gasteiger charge is 2.45. The van der Waals surface area contributed by atoms with E-state index >= 15 is 0 Å². The van der Waals surface area contributed by atoms with E-state index in [2.05, 4.69) is 11.0 Å². The van der Waals surface area contributed by atoms with Crippen molar-refractivity contribution in [3.8, 4) is 0 Å². The van der Waals surface area contributed by atoms with Crippen molar-refractivity contribution < 1.29 is 14.3 Å². The minimum Gasteiger partial charge on any atom is -0.379 e. The quantitative estimate of drug-likeness (QED) is 0.532. The lowest BCUT2D eigenvalue weighted by Gasteiger charge is -2.41. The third-order valence-electron chi connectivity index (χ3n) is 5.89. The highest BCUT2D eigenvalue weighted by atomic mass is 32.1. The van der Waals surface area contributed by atoms with E-state index in [0.29, 0.717) is 45.1 Å². The number of anilines is 1. The number of carbonyl (C=O) groups excluding carboxylic acids is 2. The first-order chi connectivity index (χ1) is 15.0. The number of hydrogen-bond donors (Lipinski definition) is 0. The van der Waals surface area contributed by atoms with Crippen molar-refractivity contribution in [2.45, 2.75) is 20.4 Å². The number of aryl methyl sites for hydroxylation is 2. The summed E-state index contributed by atoms with van der Waals surface area (Å²) in [5.74, 6) is -1.28. The molecule has 0 aliphatic carbocycles. The lowest BCUT2D eigenvalue weighted by Crippen LogP contribution is -2.62. The van der Waals surface area contributed by atoms with Crippen molar-refractivity contribution in [3.05, 3.63) is 65.2 Å². The Balaban J connectivity index is 1.67. The standard InChI is InChI=1S/C24H27N3O3S/c1-17-8-9-19(18(2)14-17)15-26-22(28)21(16-25-10-12-30-13-11-25)23(29)27(24(26)31)20-6-4-3-5-7-20/h3-9,14,21H,10-13,15-16H2,1-2H3. The maximum absolute atomic E-state index is 13.5. The molecule has 4 rings (SSSR count). The zero-order chi connectivity index (χ0) is 22.0. The molecule has 0 bridgehead atoms. The summed E-state index contributed by atoms with van der Waals surface area (Å²) < 4.78 is 5.42. The Morgan fingerprint density at radius 3 is 2.39 bits per heavy atom. The van der Waals surface area contributed by atoms with Gasteiger partial charge in [0, 0.05) is 19.6 Å². The van der Waals surface area contributed by atoms with Crippen LogP contribution < -0.4 is 4.90 Å². The summed E-state index contributed by atoms with van der Waals surface area (Å²) in [6, 6.07) is 15.5. The minimum atomic E-state index is -0.796. The molecule has 0 N–H and O–H groups in total. The van der Waals surface area contributed by atoms with Gasteiger partial charge in [-0.3, -0.25) is 24.3 Å². The summed E-state index contributed by atoms with van der Waals surface area (Å²) >= 11 is 5.69. The average Bonchev–Trinajstić information content (AvgIpc) is 2.77. The fraction of sp³-hybridized carbons (Fsp3) is 0.375. The second-order valence-corrected chi connectivity index (χ2v) is 8.48. The van der Waals surface area contributed by atoms with Crippen LogP contribution in [-0.2, 0) is 20.9 Å².